The highest BCUT2D eigenvalue weighted by Crippen LogP contribution is 2.32. The fraction of sp³-hybridized carbons (Fsp3) is 0.120. The van der Waals surface area contributed by atoms with Gasteiger partial charge in [-0.1, -0.05) is 48.5 Å². The molecule has 0 saturated heterocycles. The number of aliphatic imine (C=N–C) groups is 1. The number of hydrogen-bond acceptors (Lipinski definition) is 4. The molecule has 0 aliphatic carbocycles. The number of hydrogen-bond donors (Lipinski definition) is 3. The number of nitrogens with one attached hydrogen (secondary N) is 1. The van der Waals surface area contributed by atoms with Gasteiger partial charge in [-0.05, 0) is 43.9 Å². The summed E-state index contributed by atoms with van der Waals surface area (Å²) in [5.41, 5.74) is 10.5. The highest BCUT2D eigenvalue weighted by Gasteiger charge is 2.19. The molecular formula is C25H24N4O2. The van der Waals surface area contributed by atoms with Crippen molar-refractivity contribution >= 4 is 28.2 Å². The number of nitrogens with zero attached hydrogens (tertiary/aromatic N) is 2. The van der Waals surface area contributed by atoms with Crippen LogP contribution in [-0.4, -0.2) is 40.7 Å². The van der Waals surface area contributed by atoms with Crippen LogP contribution >= 0.6 is 0 Å². The first kappa shape index (κ1) is 20.4. The number of aromatic amines is 1. The number of aromatic hydroxyl groups is 1. The normalized spacial score (nSPS) is 11.9. The van der Waals surface area contributed by atoms with Crippen molar-refractivity contribution in [3.05, 3.63) is 95.1 Å². The van der Waals surface area contributed by atoms with Crippen molar-refractivity contribution in [2.75, 3.05) is 14.1 Å². The third kappa shape index (κ3) is 4.34. The summed E-state index contributed by atoms with van der Waals surface area (Å²) in [5.74, 6) is -0.532. The first-order valence-electron chi connectivity index (χ1n) is 9.95. The first-order valence-corrected chi connectivity index (χ1v) is 9.95. The summed E-state index contributed by atoms with van der Waals surface area (Å²) in [7, 11) is 4.06. The standard InChI is InChI=1S/C25H24N4O2/c1-29(2)15-16-8-11-19(12-9-16)27-23(17-6-4-3-5-7-17)22-20-13-10-18(24(26)30)14-21(20)28-25(22)31/h3-14,28,31H,15H2,1-2H3,(H2,26,30). The molecule has 0 radical (unpaired) electrons. The van der Waals surface area contributed by atoms with Gasteiger partial charge in [0.1, 0.15) is 0 Å². The van der Waals surface area contributed by atoms with Gasteiger partial charge in [-0.3, -0.25) is 4.79 Å². The number of aromatic nitrogens is 1. The maximum absolute atomic E-state index is 11.5. The zero-order chi connectivity index (χ0) is 22.0. The van der Waals surface area contributed by atoms with E-state index in [0.717, 1.165) is 23.2 Å². The second kappa shape index (κ2) is 8.45. The minimum atomic E-state index is -0.521. The van der Waals surface area contributed by atoms with E-state index in [1.165, 1.54) is 5.56 Å². The fourth-order valence-electron chi connectivity index (χ4n) is 3.61. The monoisotopic (exact) mass is 412 g/mol. The van der Waals surface area contributed by atoms with Gasteiger partial charge in [0.05, 0.1) is 17.0 Å². The van der Waals surface area contributed by atoms with Crippen LogP contribution in [0.1, 0.15) is 27.0 Å². The average molecular weight is 412 g/mol. The quantitative estimate of drug-likeness (QED) is 0.414. The van der Waals surface area contributed by atoms with Gasteiger partial charge >= 0.3 is 0 Å². The summed E-state index contributed by atoms with van der Waals surface area (Å²) in [6.07, 6.45) is 0. The van der Waals surface area contributed by atoms with Gasteiger partial charge in [0.15, 0.2) is 5.88 Å². The number of carbonyl (C=O) groups is 1. The zero-order valence-electron chi connectivity index (χ0n) is 17.5. The van der Waals surface area contributed by atoms with Crippen molar-refractivity contribution in [2.45, 2.75) is 6.54 Å². The molecule has 1 aromatic heterocycles. The van der Waals surface area contributed by atoms with Gasteiger partial charge in [-0.2, -0.15) is 0 Å². The molecule has 6 nitrogen and oxygen atoms in total. The van der Waals surface area contributed by atoms with Crippen LogP contribution in [0.3, 0.4) is 0 Å². The lowest BCUT2D eigenvalue weighted by Gasteiger charge is -2.10. The van der Waals surface area contributed by atoms with Crippen LogP contribution in [0.15, 0.2) is 77.8 Å². The Morgan fingerprint density at radius 1 is 1.00 bits per heavy atom. The molecule has 6 heteroatoms. The van der Waals surface area contributed by atoms with E-state index in [4.69, 9.17) is 10.7 Å². The van der Waals surface area contributed by atoms with Crippen molar-refractivity contribution in [1.29, 1.82) is 0 Å². The van der Waals surface area contributed by atoms with E-state index in [0.29, 0.717) is 22.4 Å². The van der Waals surface area contributed by atoms with E-state index in [1.807, 2.05) is 56.6 Å². The predicted molar refractivity (Wildman–Crippen MR) is 124 cm³/mol. The lowest BCUT2D eigenvalue weighted by atomic mass is 10.00. The van der Waals surface area contributed by atoms with Gasteiger partial charge in [0.25, 0.3) is 0 Å². The van der Waals surface area contributed by atoms with Crippen LogP contribution < -0.4 is 5.73 Å². The topological polar surface area (TPSA) is 94.7 Å². The Kier molecular flexibility index (Phi) is 5.56. The Morgan fingerprint density at radius 2 is 1.71 bits per heavy atom. The Morgan fingerprint density at radius 3 is 2.35 bits per heavy atom. The molecule has 1 heterocycles. The molecule has 4 aromatic rings. The molecule has 3 aromatic carbocycles. The first-order chi connectivity index (χ1) is 14.9. The Balaban J connectivity index is 1.86. The minimum absolute atomic E-state index is 0.0107. The fourth-order valence-corrected chi connectivity index (χ4v) is 3.61. The summed E-state index contributed by atoms with van der Waals surface area (Å²) in [4.78, 5) is 21.5. The van der Waals surface area contributed by atoms with E-state index in [9.17, 15) is 9.90 Å². The van der Waals surface area contributed by atoms with Gasteiger partial charge in [-0.15, -0.1) is 0 Å². The molecule has 1 amide bonds. The second-order valence-electron chi connectivity index (χ2n) is 7.70. The summed E-state index contributed by atoms with van der Waals surface area (Å²) < 4.78 is 0. The van der Waals surface area contributed by atoms with Crippen LogP contribution in [0.2, 0.25) is 0 Å². The molecule has 0 bridgehead atoms. The van der Waals surface area contributed by atoms with E-state index in [2.05, 4.69) is 22.0 Å². The molecule has 0 aliphatic rings. The van der Waals surface area contributed by atoms with Crippen LogP contribution in [-0.2, 0) is 6.54 Å². The second-order valence-corrected chi connectivity index (χ2v) is 7.70. The molecule has 0 atom stereocenters. The highest BCUT2D eigenvalue weighted by molar-refractivity contribution is 6.22. The van der Waals surface area contributed by atoms with Crippen molar-refractivity contribution in [3.8, 4) is 5.88 Å². The molecule has 0 unspecified atom stereocenters. The Hall–Kier alpha value is -3.90. The average Bonchev–Trinajstić information content (AvgIpc) is 3.08. The molecule has 0 saturated carbocycles. The van der Waals surface area contributed by atoms with Crippen LogP contribution in [0, 0.1) is 0 Å². The number of nitrogens with two attached hydrogens (primary N) is 1. The number of fused-ring (bicyclic) bond motifs is 1. The van der Waals surface area contributed by atoms with Gasteiger partial charge < -0.3 is 20.7 Å². The van der Waals surface area contributed by atoms with Crippen LogP contribution in [0.25, 0.3) is 10.9 Å². The van der Waals surface area contributed by atoms with Gasteiger partial charge in [0.2, 0.25) is 5.91 Å². The summed E-state index contributed by atoms with van der Waals surface area (Å²) >= 11 is 0. The maximum atomic E-state index is 11.5. The SMILES string of the molecule is CN(C)Cc1ccc(N=C(c2ccccc2)c2c(O)[nH]c3cc(C(N)=O)ccc23)cc1. The van der Waals surface area contributed by atoms with Gasteiger partial charge in [0, 0.05) is 28.6 Å². The molecule has 156 valence electrons. The number of amides is 1. The Bertz CT molecular complexity index is 1260. The van der Waals surface area contributed by atoms with Gasteiger partial charge in [-0.25, -0.2) is 4.99 Å². The summed E-state index contributed by atoms with van der Waals surface area (Å²) in [6.45, 7) is 0.848. The van der Waals surface area contributed by atoms with E-state index in [1.54, 1.807) is 18.2 Å². The van der Waals surface area contributed by atoms with Crippen LogP contribution in [0.4, 0.5) is 5.69 Å². The van der Waals surface area contributed by atoms with Crippen LogP contribution in [0.5, 0.6) is 5.88 Å². The molecule has 4 N–H and O–H groups in total. The molecule has 0 aliphatic heterocycles. The highest BCUT2D eigenvalue weighted by atomic mass is 16.3. The third-order valence-electron chi connectivity index (χ3n) is 5.02. The predicted octanol–water partition coefficient (Wildman–Crippen LogP) is 4.20. The van der Waals surface area contributed by atoms with E-state index in [-0.39, 0.29) is 5.88 Å². The lowest BCUT2D eigenvalue weighted by molar-refractivity contribution is 0.100. The number of benzene rings is 3. The maximum Gasteiger partial charge on any atom is 0.248 e. The van der Waals surface area contributed by atoms with E-state index < -0.39 is 5.91 Å². The number of primary amides is 1. The van der Waals surface area contributed by atoms with E-state index >= 15 is 0 Å². The smallest absolute Gasteiger partial charge is 0.248 e. The molecule has 0 fully saturated rings. The number of H-pyrrole nitrogens is 1. The Labute approximate surface area is 180 Å². The molecule has 31 heavy (non-hydrogen) atoms. The van der Waals surface area contributed by atoms with Crippen molar-refractivity contribution in [2.24, 2.45) is 10.7 Å². The lowest BCUT2D eigenvalue weighted by Crippen LogP contribution is -2.10. The third-order valence-corrected chi connectivity index (χ3v) is 5.02. The summed E-state index contributed by atoms with van der Waals surface area (Å²) in [5, 5.41) is 11.5. The van der Waals surface area contributed by atoms with Crippen molar-refractivity contribution in [1.82, 2.24) is 9.88 Å². The number of rotatable bonds is 6. The number of carbonyl (C=O) groups excluding carboxylic acids is 1. The largest absolute Gasteiger partial charge is 0.494 e. The molecule has 0 spiro atoms. The van der Waals surface area contributed by atoms with Crippen molar-refractivity contribution < 1.29 is 9.90 Å². The van der Waals surface area contributed by atoms with Crippen molar-refractivity contribution in [3.63, 3.8) is 0 Å². The molecular weight excluding hydrogens is 388 g/mol. The summed E-state index contributed by atoms with van der Waals surface area (Å²) in [6, 6.07) is 22.8. The zero-order valence-corrected chi connectivity index (χ0v) is 17.5. The molecule has 4 rings (SSSR count). The minimum Gasteiger partial charge on any atom is -0.494 e.